The zero-order valence-electron chi connectivity index (χ0n) is 17.0. The van der Waals surface area contributed by atoms with Gasteiger partial charge in [-0.15, -0.1) is 0 Å². The lowest BCUT2D eigenvalue weighted by molar-refractivity contribution is -0.0940. The Hall–Kier alpha value is -1.16. The van der Waals surface area contributed by atoms with E-state index in [2.05, 4.69) is 42.2 Å². The van der Waals surface area contributed by atoms with E-state index in [0.29, 0.717) is 0 Å². The first-order valence-corrected chi connectivity index (χ1v) is 10.8. The van der Waals surface area contributed by atoms with Crippen molar-refractivity contribution < 1.29 is 9.84 Å². The van der Waals surface area contributed by atoms with Gasteiger partial charge in [0.05, 0.1) is 11.2 Å². The maximum atomic E-state index is 11.1. The normalized spacial score (nSPS) is 32.9. The number of methoxy groups -OCH3 is 1. The fourth-order valence-corrected chi connectivity index (χ4v) is 4.88. The predicted octanol–water partition coefficient (Wildman–Crippen LogP) is 4.89. The van der Waals surface area contributed by atoms with Crippen LogP contribution in [0.1, 0.15) is 75.8 Å². The molecule has 0 spiro atoms. The summed E-state index contributed by atoms with van der Waals surface area (Å²) in [7, 11) is 1.78. The summed E-state index contributed by atoms with van der Waals surface area (Å²) in [4.78, 5) is 2.69. The van der Waals surface area contributed by atoms with Crippen LogP contribution in [-0.4, -0.2) is 41.8 Å². The molecular formula is C24H35NO2. The molecule has 1 saturated heterocycles. The van der Waals surface area contributed by atoms with E-state index in [-0.39, 0.29) is 5.60 Å². The van der Waals surface area contributed by atoms with Crippen LogP contribution < -0.4 is 0 Å². The van der Waals surface area contributed by atoms with Crippen LogP contribution in [0.15, 0.2) is 29.8 Å². The number of hydrogen-bond donors (Lipinski definition) is 1. The average Bonchev–Trinajstić information content (AvgIpc) is 2.65. The molecule has 3 heteroatoms. The van der Waals surface area contributed by atoms with Crippen LogP contribution in [0.4, 0.5) is 0 Å². The molecule has 0 amide bonds. The van der Waals surface area contributed by atoms with E-state index < -0.39 is 5.60 Å². The Morgan fingerprint density at radius 1 is 1.04 bits per heavy atom. The highest BCUT2D eigenvalue weighted by Gasteiger charge is 2.40. The smallest absolute Gasteiger partial charge is 0.0898 e. The molecule has 3 fully saturated rings. The number of hydrogen-bond acceptors (Lipinski definition) is 3. The van der Waals surface area contributed by atoms with Gasteiger partial charge in [0.25, 0.3) is 0 Å². The van der Waals surface area contributed by atoms with Crippen LogP contribution in [0, 0.1) is 0 Å². The van der Waals surface area contributed by atoms with Gasteiger partial charge in [-0.3, -0.25) is 4.90 Å². The van der Waals surface area contributed by atoms with Crippen molar-refractivity contribution in [3.05, 3.63) is 41.0 Å². The Balaban J connectivity index is 1.36. The minimum absolute atomic E-state index is 0.0784. The second kappa shape index (κ2) is 7.69. The lowest BCUT2D eigenvalue weighted by Gasteiger charge is -2.41. The summed E-state index contributed by atoms with van der Waals surface area (Å²) in [6.07, 6.45) is 12.4. The van der Waals surface area contributed by atoms with Gasteiger partial charge in [0.2, 0.25) is 0 Å². The van der Waals surface area contributed by atoms with Crippen molar-refractivity contribution >= 4 is 6.08 Å². The molecule has 1 aliphatic heterocycles. The Morgan fingerprint density at radius 2 is 1.67 bits per heavy atom. The first kappa shape index (κ1) is 19.2. The van der Waals surface area contributed by atoms with Crippen molar-refractivity contribution in [2.45, 2.75) is 82.0 Å². The molecule has 1 aromatic rings. The molecule has 27 heavy (non-hydrogen) atoms. The van der Waals surface area contributed by atoms with E-state index in [0.717, 1.165) is 37.3 Å². The lowest BCUT2D eigenvalue weighted by Crippen LogP contribution is -2.43. The molecule has 0 aromatic heterocycles. The minimum Gasteiger partial charge on any atom is -0.385 e. The third-order valence-corrected chi connectivity index (χ3v) is 7.48. The molecule has 3 aliphatic rings. The first-order chi connectivity index (χ1) is 13.0. The van der Waals surface area contributed by atoms with Crippen molar-refractivity contribution in [1.82, 2.24) is 4.90 Å². The van der Waals surface area contributed by atoms with Crippen LogP contribution in [0.3, 0.4) is 0 Å². The zero-order chi connectivity index (χ0) is 18.9. The van der Waals surface area contributed by atoms with Crippen molar-refractivity contribution in [2.24, 2.45) is 0 Å². The SMILES string of the molecule is COC1(C)CCC(O)(c2ccc(C=C3CCN(C4CCC4)CC3)cc2)CC1. The number of nitrogens with zero attached hydrogens (tertiary/aromatic N) is 1. The Kier molecular flexibility index (Phi) is 5.46. The minimum atomic E-state index is -0.697. The summed E-state index contributed by atoms with van der Waals surface area (Å²) in [6.45, 7) is 4.61. The molecule has 0 unspecified atom stereocenters. The second-order valence-corrected chi connectivity index (χ2v) is 9.23. The third kappa shape index (κ3) is 4.16. The molecular weight excluding hydrogens is 334 g/mol. The number of rotatable bonds is 4. The van der Waals surface area contributed by atoms with Crippen LogP contribution in [0.5, 0.6) is 0 Å². The Morgan fingerprint density at radius 3 is 2.19 bits per heavy atom. The van der Waals surface area contributed by atoms with Gasteiger partial charge in [0.1, 0.15) is 0 Å². The molecule has 0 atom stereocenters. The van der Waals surface area contributed by atoms with Crippen LogP contribution >= 0.6 is 0 Å². The van der Waals surface area contributed by atoms with Gasteiger partial charge >= 0.3 is 0 Å². The van der Waals surface area contributed by atoms with Gasteiger partial charge in [-0.1, -0.05) is 42.3 Å². The van der Waals surface area contributed by atoms with Crippen molar-refractivity contribution in [3.63, 3.8) is 0 Å². The largest absolute Gasteiger partial charge is 0.385 e. The average molecular weight is 370 g/mol. The van der Waals surface area contributed by atoms with Crippen LogP contribution in [0.2, 0.25) is 0 Å². The number of piperidine rings is 1. The molecule has 1 N–H and O–H groups in total. The fourth-order valence-electron chi connectivity index (χ4n) is 4.88. The lowest BCUT2D eigenvalue weighted by atomic mass is 9.73. The van der Waals surface area contributed by atoms with Gasteiger partial charge < -0.3 is 9.84 Å². The highest BCUT2D eigenvalue weighted by Crippen LogP contribution is 2.42. The monoisotopic (exact) mass is 369 g/mol. The van der Waals surface area contributed by atoms with E-state index in [4.69, 9.17) is 4.74 Å². The van der Waals surface area contributed by atoms with Gasteiger partial charge in [-0.05, 0) is 69.4 Å². The van der Waals surface area contributed by atoms with E-state index in [1.165, 1.54) is 50.8 Å². The second-order valence-electron chi connectivity index (χ2n) is 9.23. The Bertz CT molecular complexity index is 656. The number of benzene rings is 1. The third-order valence-electron chi connectivity index (χ3n) is 7.48. The highest BCUT2D eigenvalue weighted by atomic mass is 16.5. The maximum Gasteiger partial charge on any atom is 0.0898 e. The number of ether oxygens (including phenoxy) is 1. The molecule has 2 saturated carbocycles. The van der Waals surface area contributed by atoms with E-state index in [1.54, 1.807) is 12.7 Å². The molecule has 4 rings (SSSR count). The molecule has 148 valence electrons. The standard InChI is InChI=1S/C24H35NO2/c1-23(27-2)12-14-24(26,15-13-23)21-8-6-19(7-9-21)18-20-10-16-25(17-11-20)22-4-3-5-22/h6-9,18,22,26H,3-5,10-17H2,1-2H3. The number of aliphatic hydroxyl groups is 1. The quantitative estimate of drug-likeness (QED) is 0.820. The molecule has 2 aliphatic carbocycles. The van der Waals surface area contributed by atoms with Gasteiger partial charge in [-0.25, -0.2) is 0 Å². The van der Waals surface area contributed by atoms with E-state index in [1.807, 2.05) is 0 Å². The Labute approximate surface area is 164 Å². The highest BCUT2D eigenvalue weighted by molar-refractivity contribution is 5.54. The summed E-state index contributed by atoms with van der Waals surface area (Å²) >= 11 is 0. The first-order valence-electron chi connectivity index (χ1n) is 10.8. The molecule has 0 radical (unpaired) electrons. The fraction of sp³-hybridized carbons (Fsp3) is 0.667. The van der Waals surface area contributed by atoms with Crippen LogP contribution in [-0.2, 0) is 10.3 Å². The topological polar surface area (TPSA) is 32.7 Å². The molecule has 1 heterocycles. The van der Waals surface area contributed by atoms with E-state index >= 15 is 0 Å². The van der Waals surface area contributed by atoms with Crippen molar-refractivity contribution in [2.75, 3.05) is 20.2 Å². The zero-order valence-corrected chi connectivity index (χ0v) is 17.0. The van der Waals surface area contributed by atoms with Gasteiger partial charge in [-0.2, -0.15) is 0 Å². The van der Waals surface area contributed by atoms with E-state index in [9.17, 15) is 5.11 Å². The molecule has 1 aromatic carbocycles. The van der Waals surface area contributed by atoms with Crippen molar-refractivity contribution in [3.8, 4) is 0 Å². The van der Waals surface area contributed by atoms with Gasteiger partial charge in [0, 0.05) is 26.2 Å². The summed E-state index contributed by atoms with van der Waals surface area (Å²) in [5.74, 6) is 0. The number of likely N-dealkylation sites (tertiary alicyclic amines) is 1. The summed E-state index contributed by atoms with van der Waals surface area (Å²) < 4.78 is 5.62. The predicted molar refractivity (Wildman–Crippen MR) is 111 cm³/mol. The van der Waals surface area contributed by atoms with Crippen LogP contribution in [0.25, 0.3) is 6.08 Å². The molecule has 0 bridgehead atoms. The molecule has 3 nitrogen and oxygen atoms in total. The summed E-state index contributed by atoms with van der Waals surface area (Å²) in [6, 6.07) is 9.50. The van der Waals surface area contributed by atoms with Crippen molar-refractivity contribution in [1.29, 1.82) is 0 Å². The van der Waals surface area contributed by atoms with Gasteiger partial charge in [0.15, 0.2) is 0 Å². The summed E-state index contributed by atoms with van der Waals surface area (Å²) in [5, 5.41) is 11.1. The summed E-state index contributed by atoms with van der Waals surface area (Å²) in [5.41, 5.74) is 3.13. The maximum absolute atomic E-state index is 11.1.